The van der Waals surface area contributed by atoms with Gasteiger partial charge in [0.2, 0.25) is 5.91 Å². The summed E-state index contributed by atoms with van der Waals surface area (Å²) in [6.07, 6.45) is 3.49. The molecule has 4 rings (SSSR count). The largest absolute Gasteiger partial charge is 0.495 e. The Balaban J connectivity index is 1.48. The van der Waals surface area contributed by atoms with Gasteiger partial charge in [0.1, 0.15) is 5.75 Å². The summed E-state index contributed by atoms with van der Waals surface area (Å²) in [6.45, 7) is 5.17. The molecule has 0 aliphatic heterocycles. The number of methoxy groups -OCH3 is 1. The number of aromatic nitrogens is 3. The molecule has 8 heteroatoms. The number of fused-ring (bicyclic) bond motifs is 1. The van der Waals surface area contributed by atoms with Gasteiger partial charge in [0.15, 0.2) is 11.0 Å². The predicted molar refractivity (Wildman–Crippen MR) is 123 cm³/mol. The Hall–Kier alpha value is -2.32. The number of para-hydroxylation sites is 2. The molecule has 1 unspecified atom stereocenters. The van der Waals surface area contributed by atoms with E-state index in [1.165, 1.54) is 34.2 Å². The molecule has 2 heterocycles. The van der Waals surface area contributed by atoms with Gasteiger partial charge in [-0.2, -0.15) is 0 Å². The van der Waals surface area contributed by atoms with Crippen molar-refractivity contribution in [3.8, 4) is 17.1 Å². The van der Waals surface area contributed by atoms with Crippen molar-refractivity contribution in [3.63, 3.8) is 0 Å². The van der Waals surface area contributed by atoms with Crippen LogP contribution in [0, 0.1) is 5.92 Å². The Labute approximate surface area is 185 Å². The standard InChI is InChI=1S/C22H26N4O2S2/c1-4-26-21(16-12-29-19-11-14(2)9-10-15(16)19)24-25-22(26)30-13-20(27)23-17-7-5-6-8-18(17)28-3/h5-8,12,14H,4,9-11,13H2,1-3H3,(H,23,27). The number of thiophene rings is 1. The molecule has 6 nitrogen and oxygen atoms in total. The van der Waals surface area contributed by atoms with Crippen molar-refractivity contribution in [1.29, 1.82) is 0 Å². The molecule has 1 N–H and O–H groups in total. The third-order valence-corrected chi connectivity index (χ3v) is 7.41. The third-order valence-electron chi connectivity index (χ3n) is 5.39. The van der Waals surface area contributed by atoms with E-state index in [2.05, 4.69) is 39.3 Å². The summed E-state index contributed by atoms with van der Waals surface area (Å²) in [7, 11) is 1.59. The van der Waals surface area contributed by atoms with Crippen LogP contribution in [0.3, 0.4) is 0 Å². The fourth-order valence-corrected chi connectivity index (χ4v) is 5.85. The Morgan fingerprint density at radius 1 is 1.37 bits per heavy atom. The number of anilines is 1. The van der Waals surface area contributed by atoms with E-state index in [1.807, 2.05) is 35.6 Å². The number of thioether (sulfide) groups is 1. The smallest absolute Gasteiger partial charge is 0.234 e. The van der Waals surface area contributed by atoms with Crippen LogP contribution >= 0.6 is 23.1 Å². The zero-order chi connectivity index (χ0) is 21.1. The van der Waals surface area contributed by atoms with Crippen LogP contribution in [0.2, 0.25) is 0 Å². The van der Waals surface area contributed by atoms with E-state index >= 15 is 0 Å². The van der Waals surface area contributed by atoms with Crippen molar-refractivity contribution < 1.29 is 9.53 Å². The summed E-state index contributed by atoms with van der Waals surface area (Å²) in [5.41, 5.74) is 3.31. The molecular weight excluding hydrogens is 416 g/mol. The highest BCUT2D eigenvalue weighted by atomic mass is 32.2. The van der Waals surface area contributed by atoms with Gasteiger partial charge < -0.3 is 14.6 Å². The third kappa shape index (κ3) is 4.25. The first kappa shape index (κ1) is 20.9. The first-order valence-electron chi connectivity index (χ1n) is 10.2. The van der Waals surface area contributed by atoms with E-state index in [0.717, 1.165) is 36.3 Å². The molecule has 0 bridgehead atoms. The predicted octanol–water partition coefficient (Wildman–Crippen LogP) is 4.89. The molecule has 3 aromatic rings. The lowest BCUT2D eigenvalue weighted by Gasteiger charge is -2.19. The summed E-state index contributed by atoms with van der Waals surface area (Å²) in [6, 6.07) is 7.39. The molecule has 1 aliphatic rings. The highest BCUT2D eigenvalue weighted by molar-refractivity contribution is 7.99. The van der Waals surface area contributed by atoms with E-state index in [4.69, 9.17) is 4.74 Å². The molecule has 1 aliphatic carbocycles. The Morgan fingerprint density at radius 2 is 2.20 bits per heavy atom. The normalized spacial score (nSPS) is 15.6. The number of nitrogens with one attached hydrogen (secondary N) is 1. The maximum Gasteiger partial charge on any atom is 0.234 e. The molecule has 0 saturated carbocycles. The number of carbonyl (C=O) groups excluding carboxylic acids is 1. The van der Waals surface area contributed by atoms with Crippen LogP contribution in [-0.4, -0.2) is 33.5 Å². The maximum atomic E-state index is 12.5. The van der Waals surface area contributed by atoms with Crippen LogP contribution in [0.15, 0.2) is 34.8 Å². The molecule has 0 radical (unpaired) electrons. The number of ether oxygens (including phenoxy) is 1. The summed E-state index contributed by atoms with van der Waals surface area (Å²) in [5.74, 6) is 2.47. The summed E-state index contributed by atoms with van der Waals surface area (Å²) in [5, 5.41) is 14.8. The second kappa shape index (κ2) is 9.22. The van der Waals surface area contributed by atoms with Gasteiger partial charge in [-0.1, -0.05) is 30.8 Å². The van der Waals surface area contributed by atoms with Gasteiger partial charge in [0, 0.05) is 22.4 Å². The maximum absolute atomic E-state index is 12.5. The van der Waals surface area contributed by atoms with Crippen molar-refractivity contribution in [2.24, 2.45) is 5.92 Å². The molecule has 0 spiro atoms. The molecular formula is C22H26N4O2S2. The lowest BCUT2D eigenvalue weighted by atomic mass is 9.88. The van der Waals surface area contributed by atoms with E-state index in [0.29, 0.717) is 11.4 Å². The molecule has 158 valence electrons. The second-order valence-corrected chi connectivity index (χ2v) is 9.39. The minimum Gasteiger partial charge on any atom is -0.495 e. The quantitative estimate of drug-likeness (QED) is 0.528. The zero-order valence-corrected chi connectivity index (χ0v) is 19.1. The average Bonchev–Trinajstić information content (AvgIpc) is 3.35. The van der Waals surface area contributed by atoms with Crippen LogP contribution in [0.25, 0.3) is 11.4 Å². The van der Waals surface area contributed by atoms with Crippen LogP contribution in [0.4, 0.5) is 5.69 Å². The van der Waals surface area contributed by atoms with Gasteiger partial charge in [-0.25, -0.2) is 0 Å². The Morgan fingerprint density at radius 3 is 3.00 bits per heavy atom. The highest BCUT2D eigenvalue weighted by Gasteiger charge is 2.24. The Bertz CT molecular complexity index is 1040. The number of hydrogen-bond donors (Lipinski definition) is 1. The number of rotatable bonds is 7. The van der Waals surface area contributed by atoms with Crippen LogP contribution in [-0.2, 0) is 24.2 Å². The fraction of sp³-hybridized carbons (Fsp3) is 0.409. The number of hydrogen-bond acceptors (Lipinski definition) is 6. The number of amides is 1. The zero-order valence-electron chi connectivity index (χ0n) is 17.5. The number of carbonyl (C=O) groups is 1. The lowest BCUT2D eigenvalue weighted by Crippen LogP contribution is -2.15. The lowest BCUT2D eigenvalue weighted by molar-refractivity contribution is -0.113. The van der Waals surface area contributed by atoms with E-state index < -0.39 is 0 Å². The molecule has 0 fully saturated rings. The van der Waals surface area contributed by atoms with Gasteiger partial charge >= 0.3 is 0 Å². The molecule has 1 atom stereocenters. The van der Waals surface area contributed by atoms with Crippen molar-refractivity contribution in [3.05, 3.63) is 40.1 Å². The topological polar surface area (TPSA) is 69.0 Å². The summed E-state index contributed by atoms with van der Waals surface area (Å²) in [4.78, 5) is 14.0. The van der Waals surface area contributed by atoms with Gasteiger partial charge in [0.05, 0.1) is 18.6 Å². The van der Waals surface area contributed by atoms with Crippen molar-refractivity contribution in [2.75, 3.05) is 18.2 Å². The second-order valence-electron chi connectivity index (χ2n) is 7.49. The molecule has 0 saturated heterocycles. The summed E-state index contributed by atoms with van der Waals surface area (Å²) < 4.78 is 7.41. The minimum absolute atomic E-state index is 0.0985. The van der Waals surface area contributed by atoms with E-state index in [-0.39, 0.29) is 11.7 Å². The monoisotopic (exact) mass is 442 g/mol. The van der Waals surface area contributed by atoms with Gasteiger partial charge in [-0.15, -0.1) is 21.5 Å². The number of nitrogens with zero attached hydrogens (tertiary/aromatic N) is 3. The fourth-order valence-electron chi connectivity index (χ4n) is 3.81. The SMILES string of the molecule is CCn1c(SCC(=O)Nc2ccccc2OC)nnc1-c1csc2c1CCC(C)C2. The highest BCUT2D eigenvalue weighted by Crippen LogP contribution is 2.38. The van der Waals surface area contributed by atoms with Gasteiger partial charge in [0.25, 0.3) is 0 Å². The molecule has 1 aromatic carbocycles. The van der Waals surface area contributed by atoms with Gasteiger partial charge in [-0.05, 0) is 49.8 Å². The van der Waals surface area contributed by atoms with E-state index in [1.54, 1.807) is 7.11 Å². The van der Waals surface area contributed by atoms with E-state index in [9.17, 15) is 4.79 Å². The minimum atomic E-state index is -0.0985. The number of benzene rings is 1. The summed E-state index contributed by atoms with van der Waals surface area (Å²) >= 11 is 3.25. The molecule has 2 aromatic heterocycles. The van der Waals surface area contributed by atoms with Crippen LogP contribution in [0.1, 0.15) is 30.7 Å². The van der Waals surface area contributed by atoms with Crippen molar-refractivity contribution in [2.45, 2.75) is 44.8 Å². The first-order valence-corrected chi connectivity index (χ1v) is 12.1. The van der Waals surface area contributed by atoms with Crippen molar-refractivity contribution in [1.82, 2.24) is 14.8 Å². The van der Waals surface area contributed by atoms with Crippen LogP contribution < -0.4 is 10.1 Å². The van der Waals surface area contributed by atoms with Crippen molar-refractivity contribution >= 4 is 34.7 Å². The first-order chi connectivity index (χ1) is 14.6. The molecule has 1 amide bonds. The average molecular weight is 443 g/mol. The molecule has 30 heavy (non-hydrogen) atoms. The van der Waals surface area contributed by atoms with Gasteiger partial charge in [-0.3, -0.25) is 4.79 Å². The Kier molecular flexibility index (Phi) is 6.43. The van der Waals surface area contributed by atoms with Crippen LogP contribution in [0.5, 0.6) is 5.75 Å².